The van der Waals surface area contributed by atoms with Gasteiger partial charge in [-0.15, -0.1) is 6.58 Å². The van der Waals surface area contributed by atoms with Crippen molar-refractivity contribution in [3.8, 4) is 0 Å². The molecule has 0 unspecified atom stereocenters. The highest BCUT2D eigenvalue weighted by Gasteiger charge is 2.35. The topological polar surface area (TPSA) is 79.4 Å². The van der Waals surface area contributed by atoms with Crippen molar-refractivity contribution in [2.75, 3.05) is 11.9 Å². The Hall–Kier alpha value is -3.39. The number of nitrogens with zero attached hydrogens (tertiary/aromatic N) is 2. The van der Waals surface area contributed by atoms with E-state index in [0.717, 1.165) is 16.2 Å². The zero-order chi connectivity index (χ0) is 19.1. The lowest BCUT2D eigenvalue weighted by atomic mass is 10.1. The van der Waals surface area contributed by atoms with Crippen molar-refractivity contribution in [1.29, 1.82) is 0 Å². The van der Waals surface area contributed by atoms with Gasteiger partial charge < -0.3 is 0 Å². The zero-order valence-electron chi connectivity index (χ0n) is 13.9. The average Bonchev–Trinajstić information content (AvgIpc) is 3.15. The summed E-state index contributed by atoms with van der Waals surface area (Å²) in [6, 6.07) is 8.50. The standard InChI is InChI=1S/C19H12FN3O3S/c1-2-7-23-17(25)12-5-3-10(8-13(12)18(23)26)16(24)22-19-21-14-6-4-11(20)9-15(14)27-19/h2-6,8-9H,1,7H2,(H,21,22,24). The van der Waals surface area contributed by atoms with E-state index in [1.807, 2.05) is 0 Å². The van der Waals surface area contributed by atoms with Crippen LogP contribution in [0.2, 0.25) is 0 Å². The molecular weight excluding hydrogens is 369 g/mol. The van der Waals surface area contributed by atoms with Crippen LogP contribution in [0, 0.1) is 5.82 Å². The van der Waals surface area contributed by atoms with Gasteiger partial charge in [0.05, 0.1) is 21.3 Å². The molecule has 8 heteroatoms. The van der Waals surface area contributed by atoms with E-state index in [4.69, 9.17) is 0 Å². The van der Waals surface area contributed by atoms with Gasteiger partial charge in [-0.05, 0) is 36.4 Å². The van der Waals surface area contributed by atoms with E-state index < -0.39 is 17.7 Å². The molecule has 0 atom stereocenters. The molecule has 3 aromatic rings. The van der Waals surface area contributed by atoms with Gasteiger partial charge >= 0.3 is 0 Å². The van der Waals surface area contributed by atoms with Gasteiger partial charge in [0.1, 0.15) is 5.82 Å². The molecule has 1 aliphatic heterocycles. The number of carbonyl (C=O) groups excluding carboxylic acids is 3. The normalized spacial score (nSPS) is 13.1. The molecule has 2 aromatic carbocycles. The van der Waals surface area contributed by atoms with Crippen LogP contribution in [0.25, 0.3) is 10.2 Å². The van der Waals surface area contributed by atoms with Crippen LogP contribution in [0.15, 0.2) is 49.1 Å². The van der Waals surface area contributed by atoms with Crippen LogP contribution in [0.4, 0.5) is 9.52 Å². The van der Waals surface area contributed by atoms with E-state index in [1.54, 1.807) is 0 Å². The highest BCUT2D eigenvalue weighted by Crippen LogP contribution is 2.28. The number of halogens is 1. The monoisotopic (exact) mass is 381 g/mol. The summed E-state index contributed by atoms with van der Waals surface area (Å²) < 4.78 is 13.9. The maximum absolute atomic E-state index is 13.3. The van der Waals surface area contributed by atoms with Crippen molar-refractivity contribution in [3.05, 3.63) is 71.6 Å². The van der Waals surface area contributed by atoms with E-state index in [1.165, 1.54) is 42.5 Å². The van der Waals surface area contributed by atoms with E-state index in [2.05, 4.69) is 16.9 Å². The van der Waals surface area contributed by atoms with E-state index >= 15 is 0 Å². The molecule has 2 heterocycles. The molecule has 0 radical (unpaired) electrons. The van der Waals surface area contributed by atoms with Crippen LogP contribution >= 0.6 is 11.3 Å². The second kappa shape index (κ2) is 6.40. The van der Waals surface area contributed by atoms with Crippen molar-refractivity contribution < 1.29 is 18.8 Å². The zero-order valence-corrected chi connectivity index (χ0v) is 14.7. The maximum Gasteiger partial charge on any atom is 0.261 e. The van der Waals surface area contributed by atoms with E-state index in [0.29, 0.717) is 15.3 Å². The van der Waals surface area contributed by atoms with Crippen molar-refractivity contribution >= 4 is 44.4 Å². The molecular formula is C19H12FN3O3S. The minimum Gasteiger partial charge on any atom is -0.298 e. The fourth-order valence-electron chi connectivity index (χ4n) is 2.85. The Bertz CT molecular complexity index is 1140. The van der Waals surface area contributed by atoms with Gasteiger partial charge in [0.15, 0.2) is 5.13 Å². The number of thiazole rings is 1. The van der Waals surface area contributed by atoms with Crippen molar-refractivity contribution in [2.24, 2.45) is 0 Å². The first-order valence-electron chi connectivity index (χ1n) is 7.96. The number of carbonyl (C=O) groups is 3. The van der Waals surface area contributed by atoms with Gasteiger partial charge in [0, 0.05) is 12.1 Å². The molecule has 27 heavy (non-hydrogen) atoms. The minimum atomic E-state index is -0.472. The Kier molecular flexibility index (Phi) is 4.04. The summed E-state index contributed by atoms with van der Waals surface area (Å²) in [5.74, 6) is -1.72. The number of imide groups is 1. The molecule has 4 rings (SSSR count). The number of amides is 3. The van der Waals surface area contributed by atoms with Crippen LogP contribution < -0.4 is 5.32 Å². The molecule has 0 bridgehead atoms. The molecule has 1 N–H and O–H groups in total. The Balaban J connectivity index is 1.61. The SMILES string of the molecule is C=CCN1C(=O)c2ccc(C(=O)Nc3nc4ccc(F)cc4s3)cc2C1=O. The molecule has 0 spiro atoms. The van der Waals surface area contributed by atoms with E-state index in [9.17, 15) is 18.8 Å². The van der Waals surface area contributed by atoms with Gasteiger partial charge in [-0.1, -0.05) is 17.4 Å². The molecule has 1 aliphatic rings. The predicted molar refractivity (Wildman–Crippen MR) is 99.5 cm³/mol. The van der Waals surface area contributed by atoms with Crippen molar-refractivity contribution in [1.82, 2.24) is 9.88 Å². The summed E-state index contributed by atoms with van der Waals surface area (Å²) in [4.78, 5) is 42.4. The summed E-state index contributed by atoms with van der Waals surface area (Å²) in [6.45, 7) is 3.64. The Labute approximate surface area is 156 Å². The van der Waals surface area contributed by atoms with Crippen LogP contribution in [-0.2, 0) is 0 Å². The summed E-state index contributed by atoms with van der Waals surface area (Å²) in [7, 11) is 0. The largest absolute Gasteiger partial charge is 0.298 e. The average molecular weight is 381 g/mol. The quantitative estimate of drug-likeness (QED) is 0.554. The van der Waals surface area contributed by atoms with Gasteiger partial charge in [-0.25, -0.2) is 9.37 Å². The second-order valence-electron chi connectivity index (χ2n) is 5.86. The third-order valence-corrected chi connectivity index (χ3v) is 5.05. The van der Waals surface area contributed by atoms with Crippen LogP contribution in [-0.4, -0.2) is 34.2 Å². The van der Waals surface area contributed by atoms with Gasteiger partial charge in [0.25, 0.3) is 17.7 Å². The number of nitrogens with one attached hydrogen (secondary N) is 1. The van der Waals surface area contributed by atoms with Crippen LogP contribution in [0.5, 0.6) is 0 Å². The smallest absolute Gasteiger partial charge is 0.261 e. The highest BCUT2D eigenvalue weighted by atomic mass is 32.1. The first-order chi connectivity index (χ1) is 13.0. The molecule has 0 aliphatic carbocycles. The molecule has 3 amide bonds. The number of anilines is 1. The number of hydrogen-bond acceptors (Lipinski definition) is 5. The van der Waals surface area contributed by atoms with Crippen LogP contribution in [0.1, 0.15) is 31.1 Å². The molecule has 0 saturated carbocycles. The fourth-order valence-corrected chi connectivity index (χ4v) is 3.73. The molecule has 1 aromatic heterocycles. The maximum atomic E-state index is 13.3. The lowest BCUT2D eigenvalue weighted by Crippen LogP contribution is -2.29. The number of aromatic nitrogens is 1. The Morgan fingerprint density at radius 2 is 1.96 bits per heavy atom. The lowest BCUT2D eigenvalue weighted by Gasteiger charge is -2.09. The molecule has 6 nitrogen and oxygen atoms in total. The van der Waals surface area contributed by atoms with Crippen molar-refractivity contribution in [3.63, 3.8) is 0 Å². The predicted octanol–water partition coefficient (Wildman–Crippen LogP) is 3.47. The number of benzene rings is 2. The third-order valence-electron chi connectivity index (χ3n) is 4.12. The summed E-state index contributed by atoms with van der Waals surface area (Å²) in [5.41, 5.74) is 1.24. The van der Waals surface area contributed by atoms with Crippen molar-refractivity contribution in [2.45, 2.75) is 0 Å². The lowest BCUT2D eigenvalue weighted by molar-refractivity contribution is 0.0672. The van der Waals surface area contributed by atoms with Gasteiger partial charge in [0.2, 0.25) is 0 Å². The minimum absolute atomic E-state index is 0.107. The Morgan fingerprint density at radius 3 is 2.74 bits per heavy atom. The number of rotatable bonds is 4. The Morgan fingerprint density at radius 1 is 1.19 bits per heavy atom. The molecule has 134 valence electrons. The first-order valence-corrected chi connectivity index (χ1v) is 8.78. The number of fused-ring (bicyclic) bond motifs is 2. The molecule has 0 saturated heterocycles. The van der Waals surface area contributed by atoms with Crippen LogP contribution in [0.3, 0.4) is 0 Å². The highest BCUT2D eigenvalue weighted by molar-refractivity contribution is 7.22. The van der Waals surface area contributed by atoms with E-state index in [-0.39, 0.29) is 29.1 Å². The summed E-state index contributed by atoms with van der Waals surface area (Å²) in [6.07, 6.45) is 1.46. The fraction of sp³-hybridized carbons (Fsp3) is 0.0526. The first kappa shape index (κ1) is 17.0. The third kappa shape index (κ3) is 2.89. The summed E-state index contributed by atoms with van der Waals surface area (Å²) in [5, 5.41) is 2.96. The molecule has 0 fully saturated rings. The van der Waals surface area contributed by atoms with Gasteiger partial charge in [-0.3, -0.25) is 24.6 Å². The second-order valence-corrected chi connectivity index (χ2v) is 6.89. The number of hydrogen-bond donors (Lipinski definition) is 1. The summed E-state index contributed by atoms with van der Waals surface area (Å²) >= 11 is 1.14. The van der Waals surface area contributed by atoms with Gasteiger partial charge in [-0.2, -0.15) is 0 Å².